The van der Waals surface area contributed by atoms with Crippen molar-refractivity contribution in [1.29, 1.82) is 0 Å². The number of ether oxygens (including phenoxy) is 1. The summed E-state index contributed by atoms with van der Waals surface area (Å²) in [6, 6.07) is 24.0. The number of hydrogen-bond acceptors (Lipinski definition) is 5. The van der Waals surface area contributed by atoms with Gasteiger partial charge in [-0.3, -0.25) is 4.79 Å². The van der Waals surface area contributed by atoms with E-state index in [0.717, 1.165) is 11.1 Å². The first-order valence-corrected chi connectivity index (χ1v) is 9.26. The molecule has 0 radical (unpaired) electrons. The van der Waals surface area contributed by atoms with Gasteiger partial charge in [-0.2, -0.15) is 4.98 Å². The lowest BCUT2D eigenvalue weighted by molar-refractivity contribution is 0.102. The van der Waals surface area contributed by atoms with Gasteiger partial charge in [0.2, 0.25) is 5.82 Å². The lowest BCUT2D eigenvalue weighted by Gasteiger charge is -2.08. The van der Waals surface area contributed by atoms with Gasteiger partial charge in [-0.05, 0) is 49.4 Å². The molecule has 6 nitrogen and oxygen atoms in total. The van der Waals surface area contributed by atoms with Crippen LogP contribution < -0.4 is 10.1 Å². The van der Waals surface area contributed by atoms with Crippen LogP contribution in [-0.4, -0.2) is 22.7 Å². The van der Waals surface area contributed by atoms with Crippen LogP contribution in [0, 0.1) is 0 Å². The zero-order chi connectivity index (χ0) is 20.1. The Balaban J connectivity index is 1.46. The molecule has 144 valence electrons. The van der Waals surface area contributed by atoms with E-state index >= 15 is 0 Å². The molecule has 1 heterocycles. The van der Waals surface area contributed by atoms with Crippen molar-refractivity contribution in [3.8, 4) is 28.6 Å². The summed E-state index contributed by atoms with van der Waals surface area (Å²) in [6.07, 6.45) is 0. The Morgan fingerprint density at radius 1 is 0.966 bits per heavy atom. The van der Waals surface area contributed by atoms with Crippen molar-refractivity contribution < 1.29 is 14.1 Å². The number of hydrogen-bond donors (Lipinski definition) is 1. The molecular weight excluding hydrogens is 366 g/mol. The van der Waals surface area contributed by atoms with Gasteiger partial charge in [-0.25, -0.2) is 0 Å². The number of nitrogens with zero attached hydrogens (tertiary/aromatic N) is 2. The molecule has 6 heteroatoms. The summed E-state index contributed by atoms with van der Waals surface area (Å²) in [4.78, 5) is 16.9. The van der Waals surface area contributed by atoms with Crippen molar-refractivity contribution >= 4 is 11.6 Å². The van der Waals surface area contributed by atoms with Crippen LogP contribution in [0.5, 0.6) is 5.75 Å². The van der Waals surface area contributed by atoms with Crippen LogP contribution in [0.15, 0.2) is 83.4 Å². The standard InChI is InChI=1S/C23H19N3O3/c1-2-28-20-10-6-9-18(15-20)22(27)24-19-13-11-17(12-14-19)23-25-21(26-29-23)16-7-4-3-5-8-16/h3-15H,2H2,1H3,(H,24,27). The highest BCUT2D eigenvalue weighted by molar-refractivity contribution is 6.04. The molecule has 4 rings (SSSR count). The van der Waals surface area contributed by atoms with Gasteiger partial charge >= 0.3 is 0 Å². The van der Waals surface area contributed by atoms with Crippen molar-refractivity contribution in [2.45, 2.75) is 6.92 Å². The molecule has 1 N–H and O–H groups in total. The van der Waals surface area contributed by atoms with E-state index in [0.29, 0.717) is 35.3 Å². The number of amides is 1. The molecule has 0 aliphatic heterocycles. The van der Waals surface area contributed by atoms with Crippen LogP contribution in [0.25, 0.3) is 22.8 Å². The minimum absolute atomic E-state index is 0.205. The van der Waals surface area contributed by atoms with Gasteiger partial charge in [-0.1, -0.05) is 41.6 Å². The largest absolute Gasteiger partial charge is 0.494 e. The van der Waals surface area contributed by atoms with Crippen LogP contribution in [-0.2, 0) is 0 Å². The number of carbonyl (C=O) groups is 1. The summed E-state index contributed by atoms with van der Waals surface area (Å²) >= 11 is 0. The van der Waals surface area contributed by atoms with Crippen LogP contribution in [0.2, 0.25) is 0 Å². The maximum Gasteiger partial charge on any atom is 0.258 e. The Morgan fingerprint density at radius 2 is 1.76 bits per heavy atom. The zero-order valence-corrected chi connectivity index (χ0v) is 15.8. The van der Waals surface area contributed by atoms with E-state index in [4.69, 9.17) is 9.26 Å². The summed E-state index contributed by atoms with van der Waals surface area (Å²) < 4.78 is 10.8. The second-order valence-corrected chi connectivity index (χ2v) is 6.28. The normalized spacial score (nSPS) is 10.5. The van der Waals surface area contributed by atoms with Gasteiger partial charge in [0.05, 0.1) is 6.61 Å². The Labute approximate surface area is 168 Å². The lowest BCUT2D eigenvalue weighted by Crippen LogP contribution is -2.11. The van der Waals surface area contributed by atoms with Gasteiger partial charge in [-0.15, -0.1) is 0 Å². The van der Waals surface area contributed by atoms with E-state index in [1.807, 2.05) is 55.5 Å². The number of carbonyl (C=O) groups excluding carboxylic acids is 1. The summed E-state index contributed by atoms with van der Waals surface area (Å²) in [5, 5.41) is 6.91. The number of aromatic nitrogens is 2. The van der Waals surface area contributed by atoms with Gasteiger partial charge < -0.3 is 14.6 Å². The van der Waals surface area contributed by atoms with Crippen LogP contribution in [0.1, 0.15) is 17.3 Å². The fourth-order valence-electron chi connectivity index (χ4n) is 2.84. The molecule has 0 atom stereocenters. The smallest absolute Gasteiger partial charge is 0.258 e. The molecule has 0 aliphatic rings. The number of rotatable bonds is 6. The Bertz CT molecular complexity index is 1110. The second kappa shape index (κ2) is 8.39. The van der Waals surface area contributed by atoms with Crippen LogP contribution >= 0.6 is 0 Å². The molecule has 4 aromatic rings. The van der Waals surface area contributed by atoms with Crippen molar-refractivity contribution in [3.05, 3.63) is 84.4 Å². The molecular formula is C23H19N3O3. The second-order valence-electron chi connectivity index (χ2n) is 6.28. The third-order valence-corrected chi connectivity index (χ3v) is 4.25. The van der Waals surface area contributed by atoms with Crippen molar-refractivity contribution in [1.82, 2.24) is 10.1 Å². The molecule has 0 spiro atoms. The van der Waals surface area contributed by atoms with E-state index in [1.54, 1.807) is 30.3 Å². The monoisotopic (exact) mass is 385 g/mol. The van der Waals surface area contributed by atoms with E-state index in [9.17, 15) is 4.79 Å². The van der Waals surface area contributed by atoms with E-state index < -0.39 is 0 Å². The predicted octanol–water partition coefficient (Wildman–Crippen LogP) is 5.05. The lowest BCUT2D eigenvalue weighted by atomic mass is 10.1. The maximum absolute atomic E-state index is 12.5. The average Bonchev–Trinajstić information content (AvgIpc) is 3.26. The maximum atomic E-state index is 12.5. The molecule has 0 saturated carbocycles. The molecule has 29 heavy (non-hydrogen) atoms. The highest BCUT2D eigenvalue weighted by atomic mass is 16.5. The van der Waals surface area contributed by atoms with E-state index in [2.05, 4.69) is 15.5 Å². The fourth-order valence-corrected chi connectivity index (χ4v) is 2.84. The van der Waals surface area contributed by atoms with Gasteiger partial charge in [0.15, 0.2) is 0 Å². The highest BCUT2D eigenvalue weighted by Crippen LogP contribution is 2.24. The molecule has 0 fully saturated rings. The van der Waals surface area contributed by atoms with Gasteiger partial charge in [0.25, 0.3) is 11.8 Å². The molecule has 0 bridgehead atoms. The molecule has 0 unspecified atom stereocenters. The van der Waals surface area contributed by atoms with Crippen molar-refractivity contribution in [3.63, 3.8) is 0 Å². The number of benzene rings is 3. The van der Waals surface area contributed by atoms with Crippen molar-refractivity contribution in [2.75, 3.05) is 11.9 Å². The number of nitrogens with one attached hydrogen (secondary N) is 1. The molecule has 1 aromatic heterocycles. The average molecular weight is 385 g/mol. The SMILES string of the molecule is CCOc1cccc(C(=O)Nc2ccc(-c3nc(-c4ccccc4)no3)cc2)c1. The number of anilines is 1. The Hall–Kier alpha value is -3.93. The van der Waals surface area contributed by atoms with E-state index in [1.165, 1.54) is 0 Å². The zero-order valence-electron chi connectivity index (χ0n) is 15.8. The molecule has 1 amide bonds. The summed E-state index contributed by atoms with van der Waals surface area (Å²) in [5.41, 5.74) is 2.87. The first-order valence-electron chi connectivity index (χ1n) is 9.26. The topological polar surface area (TPSA) is 77.2 Å². The minimum Gasteiger partial charge on any atom is -0.494 e. The van der Waals surface area contributed by atoms with Crippen LogP contribution in [0.3, 0.4) is 0 Å². The summed E-state index contributed by atoms with van der Waals surface area (Å²) in [6.45, 7) is 2.45. The quantitative estimate of drug-likeness (QED) is 0.502. The fraction of sp³-hybridized carbons (Fsp3) is 0.0870. The predicted molar refractivity (Wildman–Crippen MR) is 111 cm³/mol. The van der Waals surface area contributed by atoms with Crippen LogP contribution in [0.4, 0.5) is 5.69 Å². The minimum atomic E-state index is -0.205. The third kappa shape index (κ3) is 4.32. The summed E-state index contributed by atoms with van der Waals surface area (Å²) in [5.74, 6) is 1.42. The summed E-state index contributed by atoms with van der Waals surface area (Å²) in [7, 11) is 0. The Kier molecular flexibility index (Phi) is 5.33. The van der Waals surface area contributed by atoms with E-state index in [-0.39, 0.29) is 5.91 Å². The van der Waals surface area contributed by atoms with Gasteiger partial charge in [0, 0.05) is 22.4 Å². The third-order valence-electron chi connectivity index (χ3n) is 4.25. The Morgan fingerprint density at radius 3 is 2.52 bits per heavy atom. The van der Waals surface area contributed by atoms with Gasteiger partial charge in [0.1, 0.15) is 5.75 Å². The van der Waals surface area contributed by atoms with Crippen molar-refractivity contribution in [2.24, 2.45) is 0 Å². The highest BCUT2D eigenvalue weighted by Gasteiger charge is 2.11. The first-order chi connectivity index (χ1) is 14.2. The first kappa shape index (κ1) is 18.4. The molecule has 3 aromatic carbocycles. The molecule has 0 saturated heterocycles. The molecule has 0 aliphatic carbocycles.